The molecule has 3 rings (SSSR count). The van der Waals surface area contributed by atoms with Crippen LogP contribution in [0.25, 0.3) is 0 Å². The van der Waals surface area contributed by atoms with Crippen LogP contribution in [0.4, 0.5) is 13.2 Å². The van der Waals surface area contributed by atoms with Crippen LogP contribution in [0, 0.1) is 5.92 Å². The molecule has 0 aliphatic carbocycles. The van der Waals surface area contributed by atoms with Gasteiger partial charge in [-0.1, -0.05) is 6.92 Å². The second kappa shape index (κ2) is 9.34. The Hall–Kier alpha value is -0.490. The Morgan fingerprint density at radius 1 is 1.07 bits per heavy atom. The van der Waals surface area contributed by atoms with E-state index in [1.165, 1.54) is 0 Å². The third-order valence-electron chi connectivity index (χ3n) is 5.42. The summed E-state index contributed by atoms with van der Waals surface area (Å²) in [5.74, 6) is 0.677. The largest absolute Gasteiger partial charge is 0.411 e. The van der Waals surface area contributed by atoms with Crippen molar-refractivity contribution in [3.8, 4) is 0 Å². The molecule has 0 amide bonds. The van der Waals surface area contributed by atoms with Gasteiger partial charge in [0, 0.05) is 19.6 Å². The normalized spacial score (nSPS) is 37.0. The lowest BCUT2D eigenvalue weighted by molar-refractivity contribution is -0.202. The van der Waals surface area contributed by atoms with E-state index in [4.69, 9.17) is 9.47 Å². The number of piperidine rings is 1. The summed E-state index contributed by atoms with van der Waals surface area (Å²) in [4.78, 5) is 2.22. The molecule has 0 aromatic rings. The Morgan fingerprint density at radius 2 is 1.81 bits per heavy atom. The van der Waals surface area contributed by atoms with Gasteiger partial charge in [-0.05, 0) is 38.5 Å². The van der Waals surface area contributed by atoms with Crippen molar-refractivity contribution in [3.05, 3.63) is 0 Å². The number of ether oxygens (including phenoxy) is 2. The van der Waals surface area contributed by atoms with E-state index in [9.17, 15) is 13.2 Å². The zero-order valence-corrected chi connectivity index (χ0v) is 16.0. The summed E-state index contributed by atoms with van der Waals surface area (Å²) < 4.78 is 48.5. The van der Waals surface area contributed by atoms with Crippen molar-refractivity contribution in [2.75, 3.05) is 26.2 Å². The zero-order valence-electron chi connectivity index (χ0n) is 16.0. The molecular weight excluding hydrogens is 363 g/mol. The van der Waals surface area contributed by atoms with Crippen LogP contribution < -0.4 is 21.3 Å². The third-order valence-corrected chi connectivity index (χ3v) is 5.42. The van der Waals surface area contributed by atoms with E-state index in [0.717, 1.165) is 38.8 Å². The summed E-state index contributed by atoms with van der Waals surface area (Å²) >= 11 is 0. The Labute approximate surface area is 158 Å². The predicted molar refractivity (Wildman–Crippen MR) is 94.3 cm³/mol. The maximum atomic E-state index is 12.6. The number of nitrogens with one attached hydrogen (secondary N) is 4. The Kier molecular flexibility index (Phi) is 7.34. The molecule has 158 valence electrons. The highest BCUT2D eigenvalue weighted by molar-refractivity contribution is 4.83. The molecule has 7 nitrogen and oxygen atoms in total. The average Bonchev–Trinajstić information content (AvgIpc) is 3.03. The van der Waals surface area contributed by atoms with Gasteiger partial charge < -0.3 is 9.47 Å². The van der Waals surface area contributed by atoms with E-state index >= 15 is 0 Å². The molecule has 3 heterocycles. The zero-order chi connectivity index (χ0) is 19.4. The Morgan fingerprint density at radius 3 is 2.44 bits per heavy atom. The van der Waals surface area contributed by atoms with E-state index in [2.05, 4.69) is 40.0 Å². The number of alkyl halides is 3. The molecule has 27 heavy (non-hydrogen) atoms. The lowest BCUT2D eigenvalue weighted by Crippen LogP contribution is -2.76. The SMILES string of the molecule is CC1CCN(C2NC(NCC3CCC(C)O3)NC(OCC(F)(F)F)N2)CC1. The van der Waals surface area contributed by atoms with Gasteiger partial charge in [0.2, 0.25) is 0 Å². The molecule has 5 unspecified atom stereocenters. The first-order valence-corrected chi connectivity index (χ1v) is 9.88. The standard InChI is InChI=1S/C17H32F3N5O2/c1-11-5-7-25(8-6-11)15-22-14(21-9-13-4-3-12(2)27-13)23-16(24-15)26-10-17(18,19)20/h11-16,21-24H,3-10H2,1-2H3. The molecule has 0 spiro atoms. The smallest absolute Gasteiger partial charge is 0.374 e. The van der Waals surface area contributed by atoms with Gasteiger partial charge in [-0.3, -0.25) is 26.2 Å². The van der Waals surface area contributed by atoms with Gasteiger partial charge in [-0.2, -0.15) is 13.2 Å². The summed E-state index contributed by atoms with van der Waals surface area (Å²) in [5, 5.41) is 12.8. The second-order valence-electron chi connectivity index (χ2n) is 7.91. The fourth-order valence-corrected chi connectivity index (χ4v) is 3.77. The number of rotatable bonds is 6. The van der Waals surface area contributed by atoms with E-state index in [-0.39, 0.29) is 24.8 Å². The maximum Gasteiger partial charge on any atom is 0.411 e. The molecule has 10 heteroatoms. The summed E-state index contributed by atoms with van der Waals surface area (Å²) in [6.07, 6.45) is -1.31. The van der Waals surface area contributed by atoms with Crippen molar-refractivity contribution in [2.45, 2.75) is 76.8 Å². The molecule has 3 saturated heterocycles. The molecule has 4 N–H and O–H groups in total. The van der Waals surface area contributed by atoms with Gasteiger partial charge in [-0.15, -0.1) is 0 Å². The minimum Gasteiger partial charge on any atom is -0.374 e. The maximum absolute atomic E-state index is 12.6. The first-order valence-electron chi connectivity index (χ1n) is 9.88. The summed E-state index contributed by atoms with van der Waals surface area (Å²) in [6.45, 7) is 5.40. The van der Waals surface area contributed by atoms with Crippen LogP contribution in [0.1, 0.15) is 39.5 Å². The van der Waals surface area contributed by atoms with Crippen molar-refractivity contribution in [1.29, 1.82) is 0 Å². The van der Waals surface area contributed by atoms with Crippen molar-refractivity contribution < 1.29 is 22.6 Å². The van der Waals surface area contributed by atoms with E-state index < -0.39 is 19.1 Å². The van der Waals surface area contributed by atoms with Crippen molar-refractivity contribution in [3.63, 3.8) is 0 Å². The molecule has 0 radical (unpaired) electrons. The van der Waals surface area contributed by atoms with Gasteiger partial charge in [0.1, 0.15) is 19.2 Å². The quantitative estimate of drug-likeness (QED) is 0.537. The van der Waals surface area contributed by atoms with Crippen LogP contribution >= 0.6 is 0 Å². The minimum absolute atomic E-state index is 0.127. The van der Waals surface area contributed by atoms with Gasteiger partial charge in [0.25, 0.3) is 0 Å². The molecule has 0 saturated carbocycles. The molecule has 0 bridgehead atoms. The van der Waals surface area contributed by atoms with Crippen LogP contribution in [0.3, 0.4) is 0 Å². The van der Waals surface area contributed by atoms with Crippen LogP contribution in [-0.2, 0) is 9.47 Å². The van der Waals surface area contributed by atoms with Gasteiger partial charge in [0.05, 0.1) is 12.2 Å². The van der Waals surface area contributed by atoms with Crippen molar-refractivity contribution in [1.82, 2.24) is 26.2 Å². The first kappa shape index (κ1) is 21.2. The van der Waals surface area contributed by atoms with Gasteiger partial charge >= 0.3 is 6.18 Å². The number of likely N-dealkylation sites (tertiary alicyclic amines) is 1. The molecule has 0 aromatic carbocycles. The fourth-order valence-electron chi connectivity index (χ4n) is 3.77. The number of nitrogens with zero attached hydrogens (tertiary/aromatic N) is 1. The Balaban J connectivity index is 1.54. The monoisotopic (exact) mass is 395 g/mol. The van der Waals surface area contributed by atoms with Gasteiger partial charge in [-0.25, -0.2) is 0 Å². The van der Waals surface area contributed by atoms with Crippen LogP contribution in [0.5, 0.6) is 0 Å². The number of halogens is 3. The fraction of sp³-hybridized carbons (Fsp3) is 1.00. The molecule has 3 fully saturated rings. The van der Waals surface area contributed by atoms with Gasteiger partial charge in [0.15, 0.2) is 6.35 Å². The predicted octanol–water partition coefficient (Wildman–Crippen LogP) is 1.09. The molecule has 3 aliphatic rings. The average molecular weight is 395 g/mol. The summed E-state index contributed by atoms with van der Waals surface area (Å²) in [7, 11) is 0. The van der Waals surface area contributed by atoms with Crippen molar-refractivity contribution >= 4 is 0 Å². The van der Waals surface area contributed by atoms with Crippen LogP contribution in [-0.4, -0.2) is 68.5 Å². The molecule has 0 aromatic heterocycles. The van der Waals surface area contributed by atoms with E-state index in [0.29, 0.717) is 12.5 Å². The van der Waals surface area contributed by atoms with Crippen LogP contribution in [0.2, 0.25) is 0 Å². The van der Waals surface area contributed by atoms with E-state index in [1.54, 1.807) is 0 Å². The minimum atomic E-state index is -4.36. The first-order chi connectivity index (χ1) is 12.8. The highest BCUT2D eigenvalue weighted by Crippen LogP contribution is 2.20. The molecular formula is C17H32F3N5O2. The number of hydrogen-bond donors (Lipinski definition) is 4. The lowest BCUT2D eigenvalue weighted by atomic mass is 9.99. The second-order valence-corrected chi connectivity index (χ2v) is 7.91. The molecule has 3 aliphatic heterocycles. The molecule has 5 atom stereocenters. The Bertz CT molecular complexity index is 462. The van der Waals surface area contributed by atoms with Crippen LogP contribution in [0.15, 0.2) is 0 Å². The summed E-state index contributed by atoms with van der Waals surface area (Å²) in [6, 6.07) is 0. The third kappa shape index (κ3) is 6.81. The lowest BCUT2D eigenvalue weighted by Gasteiger charge is -2.45. The van der Waals surface area contributed by atoms with E-state index in [1.807, 2.05) is 0 Å². The van der Waals surface area contributed by atoms with Crippen molar-refractivity contribution in [2.24, 2.45) is 5.92 Å². The highest BCUT2D eigenvalue weighted by atomic mass is 19.4. The topological polar surface area (TPSA) is 69.8 Å². The number of hydrogen-bond acceptors (Lipinski definition) is 7. The summed E-state index contributed by atoms with van der Waals surface area (Å²) in [5.41, 5.74) is 0. The highest BCUT2D eigenvalue weighted by Gasteiger charge is 2.35.